The van der Waals surface area contributed by atoms with Crippen molar-refractivity contribution >= 4 is 38.6 Å². The summed E-state index contributed by atoms with van der Waals surface area (Å²) in [5.74, 6) is -0.747. The average Bonchev–Trinajstić information content (AvgIpc) is 2.88. The number of para-hydroxylation sites is 1. The topological polar surface area (TPSA) is 59.2 Å². The fourth-order valence-electron chi connectivity index (χ4n) is 2.54. The lowest BCUT2D eigenvalue weighted by Crippen LogP contribution is -2.15. The number of H-pyrrole nitrogens is 1. The van der Waals surface area contributed by atoms with E-state index in [4.69, 9.17) is 4.74 Å². The van der Waals surface area contributed by atoms with Crippen molar-refractivity contribution < 1.29 is 14.3 Å². The van der Waals surface area contributed by atoms with Crippen LogP contribution in [0.25, 0.3) is 10.9 Å². The van der Waals surface area contributed by atoms with Crippen LogP contribution in [0.15, 0.2) is 53.0 Å². The van der Waals surface area contributed by atoms with Crippen LogP contribution in [-0.4, -0.2) is 23.3 Å². The van der Waals surface area contributed by atoms with Gasteiger partial charge in [-0.25, -0.2) is 4.79 Å². The van der Waals surface area contributed by atoms with Crippen LogP contribution < -0.4 is 0 Å². The zero-order chi connectivity index (χ0) is 16.4. The number of aryl methyl sites for hydroxylation is 1. The van der Waals surface area contributed by atoms with Crippen molar-refractivity contribution in [3.63, 3.8) is 0 Å². The van der Waals surface area contributed by atoms with E-state index >= 15 is 0 Å². The normalized spacial score (nSPS) is 10.7. The summed E-state index contributed by atoms with van der Waals surface area (Å²) in [4.78, 5) is 27.7. The number of carbonyl (C=O) groups excluding carboxylic acids is 2. The minimum atomic E-state index is -0.525. The van der Waals surface area contributed by atoms with Gasteiger partial charge >= 0.3 is 5.97 Å². The smallest absolute Gasteiger partial charge is 0.339 e. The van der Waals surface area contributed by atoms with E-state index in [-0.39, 0.29) is 12.4 Å². The number of aromatic amines is 1. The van der Waals surface area contributed by atoms with E-state index in [9.17, 15) is 9.59 Å². The van der Waals surface area contributed by atoms with Gasteiger partial charge in [0.15, 0.2) is 6.61 Å². The molecule has 0 aliphatic rings. The zero-order valence-corrected chi connectivity index (χ0v) is 14.0. The van der Waals surface area contributed by atoms with Crippen LogP contribution in [0.3, 0.4) is 0 Å². The van der Waals surface area contributed by atoms with Crippen LogP contribution in [0.4, 0.5) is 0 Å². The van der Waals surface area contributed by atoms with Gasteiger partial charge in [0, 0.05) is 26.6 Å². The summed E-state index contributed by atoms with van der Waals surface area (Å²) in [7, 11) is 0. The summed E-state index contributed by atoms with van der Waals surface area (Å²) < 4.78 is 5.81. The Bertz CT molecular complexity index is 898. The number of carbonyl (C=O) groups is 2. The maximum absolute atomic E-state index is 12.5. The molecule has 4 nitrogen and oxygen atoms in total. The van der Waals surface area contributed by atoms with Crippen molar-refractivity contribution in [2.45, 2.75) is 6.92 Å². The molecule has 5 heteroatoms. The second kappa shape index (κ2) is 6.38. The highest BCUT2D eigenvalue weighted by Gasteiger charge is 2.18. The van der Waals surface area contributed by atoms with Crippen molar-refractivity contribution in [2.24, 2.45) is 0 Å². The van der Waals surface area contributed by atoms with Gasteiger partial charge in [0.25, 0.3) is 0 Å². The standard InChI is InChI=1S/C18H14BrNO3/c1-11-17(13-7-3-5-9-15(13)20-11)16(21)10-23-18(22)12-6-2-4-8-14(12)19/h2-9,20H,10H2,1H3. The molecular weight excluding hydrogens is 358 g/mol. The molecule has 0 bridgehead atoms. The second-order valence-electron chi connectivity index (χ2n) is 5.15. The number of Topliss-reactive ketones (excluding diaryl/α,β-unsaturated/α-hetero) is 1. The third-order valence-corrected chi connectivity index (χ3v) is 4.29. The molecule has 0 atom stereocenters. The highest BCUT2D eigenvalue weighted by molar-refractivity contribution is 9.10. The fourth-order valence-corrected chi connectivity index (χ4v) is 2.99. The molecule has 3 aromatic rings. The molecule has 1 N–H and O–H groups in total. The molecule has 3 rings (SSSR count). The molecule has 116 valence electrons. The molecule has 0 radical (unpaired) electrons. The molecule has 0 saturated carbocycles. The maximum Gasteiger partial charge on any atom is 0.339 e. The first-order chi connectivity index (χ1) is 11.1. The first kappa shape index (κ1) is 15.5. The number of rotatable bonds is 4. The number of ether oxygens (including phenoxy) is 1. The maximum atomic E-state index is 12.5. The minimum absolute atomic E-state index is 0.222. The SMILES string of the molecule is Cc1[nH]c2ccccc2c1C(=O)COC(=O)c1ccccc1Br. The summed E-state index contributed by atoms with van der Waals surface area (Å²) in [5.41, 5.74) is 2.63. The molecule has 0 spiro atoms. The summed E-state index contributed by atoms with van der Waals surface area (Å²) in [5, 5.41) is 0.840. The van der Waals surface area contributed by atoms with Gasteiger partial charge in [0.05, 0.1) is 5.56 Å². The molecule has 0 amide bonds. The fraction of sp³-hybridized carbons (Fsp3) is 0.111. The summed E-state index contributed by atoms with van der Waals surface area (Å²) in [6.07, 6.45) is 0. The Balaban J connectivity index is 1.78. The molecule has 2 aromatic carbocycles. The molecule has 0 aliphatic carbocycles. The molecule has 0 unspecified atom stereocenters. The van der Waals surface area contributed by atoms with Crippen molar-refractivity contribution in [3.05, 3.63) is 69.8 Å². The molecule has 0 saturated heterocycles. The van der Waals surface area contributed by atoms with Gasteiger partial charge in [-0.05, 0) is 41.1 Å². The number of aromatic nitrogens is 1. The highest BCUT2D eigenvalue weighted by Crippen LogP contribution is 2.23. The summed E-state index contributed by atoms with van der Waals surface area (Å²) >= 11 is 3.30. The van der Waals surface area contributed by atoms with Crippen molar-refractivity contribution in [3.8, 4) is 0 Å². The third kappa shape index (κ3) is 3.05. The Morgan fingerprint density at radius 2 is 1.78 bits per heavy atom. The van der Waals surface area contributed by atoms with E-state index in [1.54, 1.807) is 24.3 Å². The van der Waals surface area contributed by atoms with Gasteiger partial charge in [-0.3, -0.25) is 4.79 Å². The number of esters is 1. The van der Waals surface area contributed by atoms with E-state index in [1.807, 2.05) is 31.2 Å². The molecular formula is C18H14BrNO3. The predicted octanol–water partition coefficient (Wildman–Crippen LogP) is 4.28. The van der Waals surface area contributed by atoms with E-state index in [0.29, 0.717) is 15.6 Å². The lowest BCUT2D eigenvalue weighted by atomic mass is 10.1. The first-order valence-electron chi connectivity index (χ1n) is 7.10. The van der Waals surface area contributed by atoms with Gasteiger partial charge in [0.1, 0.15) is 0 Å². The number of hydrogen-bond acceptors (Lipinski definition) is 3. The first-order valence-corrected chi connectivity index (χ1v) is 7.89. The Kier molecular flexibility index (Phi) is 4.30. The van der Waals surface area contributed by atoms with Gasteiger partial charge in [-0.1, -0.05) is 30.3 Å². The third-order valence-electron chi connectivity index (χ3n) is 3.60. The quantitative estimate of drug-likeness (QED) is 0.549. The largest absolute Gasteiger partial charge is 0.454 e. The number of ketones is 1. The zero-order valence-electron chi connectivity index (χ0n) is 12.4. The monoisotopic (exact) mass is 371 g/mol. The summed E-state index contributed by atoms with van der Waals surface area (Å²) in [6.45, 7) is 1.55. The Morgan fingerprint density at radius 3 is 2.57 bits per heavy atom. The Hall–Kier alpha value is -2.40. The van der Waals surface area contributed by atoms with Crippen molar-refractivity contribution in [1.29, 1.82) is 0 Å². The van der Waals surface area contributed by atoms with E-state index in [1.165, 1.54) is 0 Å². The van der Waals surface area contributed by atoms with Crippen LogP contribution in [0.5, 0.6) is 0 Å². The van der Waals surface area contributed by atoms with Crippen LogP contribution in [0.1, 0.15) is 26.4 Å². The lowest BCUT2D eigenvalue weighted by Gasteiger charge is -2.06. The number of fused-ring (bicyclic) bond motifs is 1. The number of nitrogens with one attached hydrogen (secondary N) is 1. The predicted molar refractivity (Wildman–Crippen MR) is 91.8 cm³/mol. The van der Waals surface area contributed by atoms with Crippen LogP contribution in [0.2, 0.25) is 0 Å². The Labute approximate surface area is 141 Å². The average molecular weight is 372 g/mol. The van der Waals surface area contributed by atoms with Gasteiger partial charge in [-0.15, -0.1) is 0 Å². The van der Waals surface area contributed by atoms with Gasteiger partial charge < -0.3 is 9.72 Å². The van der Waals surface area contributed by atoms with Crippen molar-refractivity contribution in [1.82, 2.24) is 4.98 Å². The van der Waals surface area contributed by atoms with Gasteiger partial charge in [-0.2, -0.15) is 0 Å². The highest BCUT2D eigenvalue weighted by atomic mass is 79.9. The Morgan fingerprint density at radius 1 is 1.09 bits per heavy atom. The molecule has 0 fully saturated rings. The van der Waals surface area contributed by atoms with Crippen LogP contribution in [-0.2, 0) is 4.74 Å². The van der Waals surface area contributed by atoms with Crippen LogP contribution >= 0.6 is 15.9 Å². The number of halogens is 1. The van der Waals surface area contributed by atoms with E-state index in [2.05, 4.69) is 20.9 Å². The molecule has 1 heterocycles. The van der Waals surface area contributed by atoms with E-state index < -0.39 is 5.97 Å². The second-order valence-corrected chi connectivity index (χ2v) is 6.00. The van der Waals surface area contributed by atoms with Crippen molar-refractivity contribution in [2.75, 3.05) is 6.61 Å². The summed E-state index contributed by atoms with van der Waals surface area (Å²) in [6, 6.07) is 14.5. The molecule has 23 heavy (non-hydrogen) atoms. The minimum Gasteiger partial charge on any atom is -0.454 e. The van der Waals surface area contributed by atoms with E-state index in [0.717, 1.165) is 16.6 Å². The lowest BCUT2D eigenvalue weighted by molar-refractivity contribution is 0.0474. The molecule has 0 aliphatic heterocycles. The van der Waals surface area contributed by atoms with Crippen LogP contribution in [0, 0.1) is 6.92 Å². The number of hydrogen-bond donors (Lipinski definition) is 1. The molecule has 1 aromatic heterocycles. The number of benzene rings is 2. The van der Waals surface area contributed by atoms with Gasteiger partial charge in [0.2, 0.25) is 5.78 Å².